The zero-order chi connectivity index (χ0) is 18.8. The number of aromatic nitrogens is 1. The maximum absolute atomic E-state index is 12.3. The van der Waals surface area contributed by atoms with Crippen molar-refractivity contribution in [2.45, 2.75) is 13.5 Å². The van der Waals surface area contributed by atoms with Gasteiger partial charge in [-0.05, 0) is 42.8 Å². The molecule has 0 saturated carbocycles. The number of hydrogen-bond donors (Lipinski definition) is 1. The van der Waals surface area contributed by atoms with E-state index in [0.29, 0.717) is 15.9 Å². The fourth-order valence-electron chi connectivity index (χ4n) is 2.59. The van der Waals surface area contributed by atoms with Crippen LogP contribution in [0.15, 0.2) is 51.1 Å². The first-order chi connectivity index (χ1) is 12.4. The van der Waals surface area contributed by atoms with Gasteiger partial charge in [-0.3, -0.25) is 9.36 Å². The number of azo groups is 1. The fraction of sp³-hybridized carbons (Fsp3) is 0.105. The fourth-order valence-corrected chi connectivity index (χ4v) is 3.27. The summed E-state index contributed by atoms with van der Waals surface area (Å²) in [5.74, 6) is 1.74. The van der Waals surface area contributed by atoms with Crippen molar-refractivity contribution in [1.29, 1.82) is 0 Å². The van der Waals surface area contributed by atoms with Crippen LogP contribution in [-0.4, -0.2) is 15.6 Å². The second-order valence-corrected chi connectivity index (χ2v) is 6.94. The summed E-state index contributed by atoms with van der Waals surface area (Å²) in [4.78, 5) is 12.3. The predicted molar refractivity (Wildman–Crippen MR) is 105 cm³/mol. The Morgan fingerprint density at radius 2 is 2.12 bits per heavy atom. The van der Waals surface area contributed by atoms with E-state index in [2.05, 4.69) is 32.1 Å². The molecule has 0 spiro atoms. The molecule has 3 aromatic rings. The molecule has 1 N–H and O–H groups in total. The Kier molecular flexibility index (Phi) is 5.12. The highest BCUT2D eigenvalue weighted by Crippen LogP contribution is 2.40. The number of halogens is 2. The molecule has 0 fully saturated rings. The number of fused-ring (bicyclic) bond motifs is 1. The molecule has 7 heteroatoms. The third-order valence-corrected chi connectivity index (χ3v) is 4.62. The van der Waals surface area contributed by atoms with E-state index in [-0.39, 0.29) is 23.7 Å². The number of rotatable bonds is 3. The van der Waals surface area contributed by atoms with Crippen molar-refractivity contribution in [3.05, 3.63) is 57.0 Å². The predicted octanol–water partition coefficient (Wildman–Crippen LogP) is 5.63. The molecule has 0 aliphatic rings. The normalized spacial score (nSPS) is 11.2. The van der Waals surface area contributed by atoms with Gasteiger partial charge in [0.2, 0.25) is 5.88 Å². The highest BCUT2D eigenvalue weighted by Gasteiger charge is 2.17. The van der Waals surface area contributed by atoms with E-state index < -0.39 is 5.91 Å². The summed E-state index contributed by atoms with van der Waals surface area (Å²) in [6.07, 6.45) is 5.37. The summed E-state index contributed by atoms with van der Waals surface area (Å²) < 4.78 is 2.33. The zero-order valence-corrected chi connectivity index (χ0v) is 16.0. The van der Waals surface area contributed by atoms with E-state index in [1.165, 1.54) is 4.57 Å². The van der Waals surface area contributed by atoms with Crippen molar-refractivity contribution in [3.8, 4) is 18.2 Å². The first-order valence-electron chi connectivity index (χ1n) is 7.58. The van der Waals surface area contributed by atoms with Gasteiger partial charge in [-0.2, -0.15) is 0 Å². The minimum absolute atomic E-state index is 0.150. The molecule has 0 radical (unpaired) electrons. The molecule has 0 aliphatic heterocycles. The topological polar surface area (TPSA) is 66.9 Å². The molecule has 0 unspecified atom stereocenters. The number of carbonyl (C=O) groups is 1. The van der Waals surface area contributed by atoms with Crippen LogP contribution in [0.3, 0.4) is 0 Å². The van der Waals surface area contributed by atoms with Crippen LogP contribution in [0.2, 0.25) is 5.02 Å². The lowest BCUT2D eigenvalue weighted by atomic mass is 10.1. The molecular weight excluding hydrogens is 418 g/mol. The van der Waals surface area contributed by atoms with Crippen LogP contribution in [0.5, 0.6) is 5.88 Å². The quantitative estimate of drug-likeness (QED) is 0.432. The van der Waals surface area contributed by atoms with E-state index >= 15 is 0 Å². The largest absolute Gasteiger partial charge is 0.493 e. The number of hydrogen-bond acceptors (Lipinski definition) is 3. The summed E-state index contributed by atoms with van der Waals surface area (Å²) in [6, 6.07) is 10.4. The molecule has 2 aromatic carbocycles. The molecule has 5 nitrogen and oxygen atoms in total. The lowest BCUT2D eigenvalue weighted by Crippen LogP contribution is -1.95. The minimum atomic E-state index is -0.595. The minimum Gasteiger partial charge on any atom is -0.493 e. The number of aromatic hydroxyl groups is 1. The Morgan fingerprint density at radius 3 is 2.81 bits per heavy atom. The average molecular weight is 431 g/mol. The van der Waals surface area contributed by atoms with Crippen molar-refractivity contribution < 1.29 is 9.90 Å². The van der Waals surface area contributed by atoms with E-state index in [9.17, 15) is 9.90 Å². The van der Waals surface area contributed by atoms with Crippen LogP contribution in [0, 0.1) is 19.3 Å². The van der Waals surface area contributed by atoms with E-state index in [4.69, 9.17) is 18.0 Å². The molecule has 0 atom stereocenters. The van der Waals surface area contributed by atoms with Gasteiger partial charge in [0.05, 0.1) is 22.6 Å². The van der Waals surface area contributed by atoms with Gasteiger partial charge in [-0.1, -0.05) is 39.5 Å². The van der Waals surface area contributed by atoms with Gasteiger partial charge in [0, 0.05) is 9.86 Å². The standard InChI is InChI=1S/C19H13BrClN3O2/c1-3-8-24-16-7-5-12(20)10-14(16)17(19(24)26)22-23-18(25)13-6-4-11(2)9-15(13)21/h1,4-7,9-10,26H,8H2,2H3. The molecule has 3 rings (SSSR count). The lowest BCUT2D eigenvalue weighted by Gasteiger charge is -2.01. The maximum atomic E-state index is 12.3. The zero-order valence-electron chi connectivity index (χ0n) is 13.7. The van der Waals surface area contributed by atoms with Gasteiger partial charge in [0.15, 0.2) is 5.69 Å². The monoisotopic (exact) mass is 429 g/mol. The molecule has 1 heterocycles. The van der Waals surface area contributed by atoms with Crippen molar-refractivity contribution in [1.82, 2.24) is 4.57 Å². The van der Waals surface area contributed by atoms with Crippen molar-refractivity contribution in [2.24, 2.45) is 10.2 Å². The molecule has 26 heavy (non-hydrogen) atoms. The van der Waals surface area contributed by atoms with Crippen LogP contribution in [0.1, 0.15) is 15.9 Å². The van der Waals surface area contributed by atoms with E-state index in [1.807, 2.05) is 13.0 Å². The van der Waals surface area contributed by atoms with Gasteiger partial charge >= 0.3 is 0 Å². The van der Waals surface area contributed by atoms with Crippen LogP contribution < -0.4 is 0 Å². The number of carbonyl (C=O) groups excluding carboxylic acids is 1. The summed E-state index contributed by atoms with van der Waals surface area (Å²) in [6.45, 7) is 2.04. The summed E-state index contributed by atoms with van der Waals surface area (Å²) in [5, 5.41) is 19.1. The summed E-state index contributed by atoms with van der Waals surface area (Å²) >= 11 is 9.48. The van der Waals surface area contributed by atoms with Crippen molar-refractivity contribution >= 4 is 50.0 Å². The van der Waals surface area contributed by atoms with Crippen molar-refractivity contribution in [2.75, 3.05) is 0 Å². The van der Waals surface area contributed by atoms with Gasteiger partial charge in [0.25, 0.3) is 5.91 Å². The maximum Gasteiger partial charge on any atom is 0.296 e. The molecule has 0 aliphatic carbocycles. The molecule has 1 amide bonds. The first-order valence-corrected chi connectivity index (χ1v) is 8.76. The van der Waals surface area contributed by atoms with Gasteiger partial charge in [-0.25, -0.2) is 0 Å². The van der Waals surface area contributed by atoms with E-state index in [1.54, 1.807) is 30.3 Å². The van der Waals surface area contributed by atoms with Crippen molar-refractivity contribution in [3.63, 3.8) is 0 Å². The van der Waals surface area contributed by atoms with E-state index in [0.717, 1.165) is 10.0 Å². The second kappa shape index (κ2) is 7.32. The summed E-state index contributed by atoms with van der Waals surface area (Å²) in [7, 11) is 0. The van der Waals surface area contributed by atoms with Crippen LogP contribution in [0.4, 0.5) is 5.69 Å². The molecule has 0 bridgehead atoms. The Labute approximate surface area is 163 Å². The van der Waals surface area contributed by atoms with Crippen LogP contribution in [0.25, 0.3) is 10.9 Å². The van der Waals surface area contributed by atoms with Crippen LogP contribution in [-0.2, 0) is 6.54 Å². The average Bonchev–Trinajstić information content (AvgIpc) is 2.84. The smallest absolute Gasteiger partial charge is 0.296 e. The highest BCUT2D eigenvalue weighted by atomic mass is 79.9. The molecule has 0 saturated heterocycles. The Hall–Kier alpha value is -2.62. The number of terminal acetylenes is 1. The first kappa shape index (κ1) is 18.2. The Balaban J connectivity index is 2.06. The van der Waals surface area contributed by atoms with Crippen LogP contribution >= 0.6 is 27.5 Å². The van der Waals surface area contributed by atoms with Gasteiger partial charge in [-0.15, -0.1) is 16.7 Å². The highest BCUT2D eigenvalue weighted by molar-refractivity contribution is 9.10. The Morgan fingerprint density at radius 1 is 1.35 bits per heavy atom. The third-order valence-electron chi connectivity index (χ3n) is 3.82. The Bertz CT molecular complexity index is 1100. The summed E-state index contributed by atoms with van der Waals surface area (Å²) in [5.41, 5.74) is 2.05. The number of amides is 1. The third kappa shape index (κ3) is 3.36. The number of aryl methyl sites for hydroxylation is 1. The molecular formula is C19H13BrClN3O2. The number of benzene rings is 2. The SMILES string of the molecule is C#CCn1c(O)c(N=NC(=O)c2ccc(C)cc2Cl)c2cc(Br)ccc21. The lowest BCUT2D eigenvalue weighted by molar-refractivity contribution is 0.0995. The van der Waals surface area contributed by atoms with Gasteiger partial charge < -0.3 is 5.11 Å². The molecule has 1 aromatic heterocycles. The molecule has 130 valence electrons. The van der Waals surface area contributed by atoms with Gasteiger partial charge in [0.1, 0.15) is 0 Å². The number of nitrogens with zero attached hydrogens (tertiary/aromatic N) is 3. The second-order valence-electron chi connectivity index (χ2n) is 5.61.